The molecule has 1 fully saturated rings. The second-order valence-electron chi connectivity index (χ2n) is 6.76. The Morgan fingerprint density at radius 3 is 2.43 bits per heavy atom. The highest BCUT2D eigenvalue weighted by Gasteiger charge is 2.23. The number of carbonyl (C=O) groups is 1. The number of carbonyl (C=O) groups excluding carboxylic acids is 1. The zero-order valence-electron chi connectivity index (χ0n) is 15.3. The molecule has 1 amide bonds. The van der Waals surface area contributed by atoms with Crippen molar-refractivity contribution in [2.75, 3.05) is 24.4 Å². The van der Waals surface area contributed by atoms with Crippen molar-refractivity contribution in [3.63, 3.8) is 0 Å². The molecule has 0 unspecified atom stereocenters. The number of sulfonamides is 1. The first-order valence-corrected chi connectivity index (χ1v) is 11.6. The van der Waals surface area contributed by atoms with Crippen LogP contribution >= 0.6 is 22.9 Å². The van der Waals surface area contributed by atoms with Gasteiger partial charge in [0, 0.05) is 29.9 Å². The summed E-state index contributed by atoms with van der Waals surface area (Å²) in [5, 5.41) is 1.35. The average molecular weight is 435 g/mol. The Hall–Kier alpha value is -2.09. The summed E-state index contributed by atoms with van der Waals surface area (Å²) in [6.45, 7) is 1.61. The molecule has 0 N–H and O–H groups in total. The minimum absolute atomic E-state index is 0.0578. The van der Waals surface area contributed by atoms with Gasteiger partial charge in [0.15, 0.2) is 0 Å². The van der Waals surface area contributed by atoms with Crippen LogP contribution in [0.2, 0.25) is 5.02 Å². The topological polar surface area (TPSA) is 57.7 Å². The van der Waals surface area contributed by atoms with Crippen LogP contribution in [0.5, 0.6) is 0 Å². The smallest absolute Gasteiger partial charge is 0.264 e. The molecule has 1 aromatic heterocycles. The lowest BCUT2D eigenvalue weighted by molar-refractivity contribution is 0.0797. The first kappa shape index (κ1) is 19.2. The summed E-state index contributed by atoms with van der Waals surface area (Å²) in [6, 6.07) is 13.4. The zero-order valence-corrected chi connectivity index (χ0v) is 17.6. The van der Waals surface area contributed by atoms with Crippen molar-refractivity contribution in [2.24, 2.45) is 0 Å². The van der Waals surface area contributed by atoms with Gasteiger partial charge in [-0.15, -0.1) is 11.3 Å². The minimum Gasteiger partial charge on any atom is -0.338 e. The highest BCUT2D eigenvalue weighted by Crippen LogP contribution is 2.32. The van der Waals surface area contributed by atoms with E-state index in [1.54, 1.807) is 24.3 Å². The zero-order chi connectivity index (χ0) is 19.9. The first-order chi connectivity index (χ1) is 13.4. The number of thiophene rings is 1. The largest absolute Gasteiger partial charge is 0.338 e. The number of hydrogen-bond acceptors (Lipinski definition) is 4. The number of hydrogen-bond donors (Lipinski definition) is 0. The number of benzene rings is 2. The van der Waals surface area contributed by atoms with E-state index in [1.165, 1.54) is 34.8 Å². The molecule has 1 aliphatic heterocycles. The Labute approximate surface area is 173 Å². The first-order valence-electron chi connectivity index (χ1n) is 8.94. The fraction of sp³-hybridized carbons (Fsp3) is 0.250. The second-order valence-corrected chi connectivity index (χ2v) is 10.2. The highest BCUT2D eigenvalue weighted by molar-refractivity contribution is 7.92. The molecule has 3 aromatic rings. The Kier molecular flexibility index (Phi) is 5.07. The van der Waals surface area contributed by atoms with Gasteiger partial charge in [-0.1, -0.05) is 11.6 Å². The van der Waals surface area contributed by atoms with E-state index in [2.05, 4.69) is 0 Å². The molecule has 4 rings (SSSR count). The van der Waals surface area contributed by atoms with Crippen molar-refractivity contribution in [2.45, 2.75) is 17.7 Å². The average Bonchev–Trinajstić information content (AvgIpc) is 3.36. The molecule has 0 saturated carbocycles. The number of anilines is 1. The predicted octanol–water partition coefficient (Wildman–Crippen LogP) is 4.62. The monoisotopic (exact) mass is 434 g/mol. The van der Waals surface area contributed by atoms with E-state index in [-0.39, 0.29) is 10.8 Å². The summed E-state index contributed by atoms with van der Waals surface area (Å²) in [7, 11) is -2.18. The summed E-state index contributed by atoms with van der Waals surface area (Å²) >= 11 is 7.30. The molecule has 2 heterocycles. The van der Waals surface area contributed by atoms with Crippen LogP contribution in [-0.2, 0) is 10.0 Å². The van der Waals surface area contributed by atoms with Gasteiger partial charge < -0.3 is 4.90 Å². The highest BCUT2D eigenvalue weighted by atomic mass is 35.5. The fourth-order valence-electron chi connectivity index (χ4n) is 3.31. The number of rotatable bonds is 4. The maximum atomic E-state index is 12.9. The molecule has 0 bridgehead atoms. The molecule has 1 saturated heterocycles. The van der Waals surface area contributed by atoms with Gasteiger partial charge in [0.05, 0.1) is 15.5 Å². The maximum absolute atomic E-state index is 12.9. The van der Waals surface area contributed by atoms with Gasteiger partial charge in [0.1, 0.15) is 0 Å². The number of fused-ring (bicyclic) bond motifs is 1. The van der Waals surface area contributed by atoms with Crippen molar-refractivity contribution < 1.29 is 13.2 Å². The van der Waals surface area contributed by atoms with E-state index in [9.17, 15) is 13.2 Å². The summed E-state index contributed by atoms with van der Waals surface area (Å²) in [5.74, 6) is 0.0578. The van der Waals surface area contributed by atoms with Gasteiger partial charge in [0.25, 0.3) is 15.9 Å². The standard InChI is InChI=1S/C20H19ClN2O3S2/c1-22(28(25,26)17-7-4-15(21)5-8-17)16-6-9-18-14(12-16)13-19(27-18)20(24)23-10-2-3-11-23/h4-9,12-13H,2-3,10-11H2,1H3. The molecule has 0 spiro atoms. The van der Waals surface area contributed by atoms with Crippen molar-refractivity contribution in [3.8, 4) is 0 Å². The second kappa shape index (κ2) is 7.39. The normalized spacial score (nSPS) is 14.6. The van der Waals surface area contributed by atoms with Crippen LogP contribution in [0.1, 0.15) is 22.5 Å². The van der Waals surface area contributed by atoms with Crippen molar-refractivity contribution in [1.82, 2.24) is 4.90 Å². The van der Waals surface area contributed by atoms with Gasteiger partial charge in [-0.2, -0.15) is 0 Å². The van der Waals surface area contributed by atoms with Gasteiger partial charge >= 0.3 is 0 Å². The fourth-order valence-corrected chi connectivity index (χ4v) is 5.64. The van der Waals surface area contributed by atoms with E-state index in [4.69, 9.17) is 11.6 Å². The van der Waals surface area contributed by atoms with Crippen LogP contribution in [0, 0.1) is 0 Å². The summed E-state index contributed by atoms with van der Waals surface area (Å²) in [4.78, 5) is 15.4. The molecule has 28 heavy (non-hydrogen) atoms. The summed E-state index contributed by atoms with van der Waals surface area (Å²) in [5.41, 5.74) is 0.542. The number of amides is 1. The van der Waals surface area contributed by atoms with Crippen LogP contribution < -0.4 is 4.31 Å². The Balaban J connectivity index is 1.65. The Morgan fingerprint density at radius 1 is 1.07 bits per heavy atom. The minimum atomic E-state index is -3.70. The third kappa shape index (κ3) is 3.50. The van der Waals surface area contributed by atoms with Crippen LogP contribution in [0.25, 0.3) is 10.1 Å². The quantitative estimate of drug-likeness (QED) is 0.602. The molecular formula is C20H19ClN2O3S2. The molecule has 1 aliphatic rings. The molecule has 8 heteroatoms. The van der Waals surface area contributed by atoms with Gasteiger partial charge in [-0.25, -0.2) is 8.42 Å². The number of nitrogens with zero attached hydrogens (tertiary/aromatic N) is 2. The van der Waals surface area contributed by atoms with E-state index >= 15 is 0 Å². The molecule has 146 valence electrons. The summed E-state index contributed by atoms with van der Waals surface area (Å²) in [6.07, 6.45) is 2.10. The van der Waals surface area contributed by atoms with Crippen LogP contribution in [0.4, 0.5) is 5.69 Å². The van der Waals surface area contributed by atoms with Gasteiger partial charge in [-0.3, -0.25) is 9.10 Å². The summed E-state index contributed by atoms with van der Waals surface area (Å²) < 4.78 is 28.0. The molecule has 0 aliphatic carbocycles. The Bertz CT molecular complexity index is 1130. The van der Waals surface area contributed by atoms with E-state index in [1.807, 2.05) is 17.0 Å². The molecule has 0 atom stereocenters. The van der Waals surface area contributed by atoms with E-state index in [0.717, 1.165) is 36.0 Å². The lowest BCUT2D eigenvalue weighted by Crippen LogP contribution is -2.26. The molecule has 0 radical (unpaired) electrons. The molecule has 5 nitrogen and oxygen atoms in total. The third-order valence-corrected chi connectivity index (χ3v) is 8.10. The van der Waals surface area contributed by atoms with Gasteiger partial charge in [-0.05, 0) is 66.8 Å². The van der Waals surface area contributed by atoms with Crippen molar-refractivity contribution in [1.29, 1.82) is 0 Å². The predicted molar refractivity (Wildman–Crippen MR) is 114 cm³/mol. The Morgan fingerprint density at radius 2 is 1.75 bits per heavy atom. The lowest BCUT2D eigenvalue weighted by Gasteiger charge is -2.19. The molecule has 2 aromatic carbocycles. The van der Waals surface area contributed by atoms with Crippen LogP contribution in [0.3, 0.4) is 0 Å². The van der Waals surface area contributed by atoms with E-state index < -0.39 is 10.0 Å². The lowest BCUT2D eigenvalue weighted by atomic mass is 10.2. The van der Waals surface area contributed by atoms with Crippen LogP contribution in [0.15, 0.2) is 53.4 Å². The maximum Gasteiger partial charge on any atom is 0.264 e. The van der Waals surface area contributed by atoms with Crippen LogP contribution in [-0.4, -0.2) is 39.4 Å². The molecular weight excluding hydrogens is 416 g/mol. The van der Waals surface area contributed by atoms with Crippen molar-refractivity contribution in [3.05, 3.63) is 58.4 Å². The van der Waals surface area contributed by atoms with E-state index in [0.29, 0.717) is 15.6 Å². The number of likely N-dealkylation sites (tertiary alicyclic amines) is 1. The van der Waals surface area contributed by atoms with Gasteiger partial charge in [0.2, 0.25) is 0 Å². The third-order valence-electron chi connectivity index (χ3n) is 4.94. The SMILES string of the molecule is CN(c1ccc2sc(C(=O)N3CCCC3)cc2c1)S(=O)(=O)c1ccc(Cl)cc1. The van der Waals surface area contributed by atoms with Crippen molar-refractivity contribution >= 4 is 54.6 Å². The number of halogens is 1.